The van der Waals surface area contributed by atoms with Crippen LogP contribution in [-0.4, -0.2) is 95.9 Å². The fourth-order valence-corrected chi connectivity index (χ4v) is 12.5. The molecule has 0 aromatic carbocycles. The lowest BCUT2D eigenvalue weighted by atomic mass is 10.0. The summed E-state index contributed by atoms with van der Waals surface area (Å²) in [5.41, 5.74) is 0. The van der Waals surface area contributed by atoms with Crippen molar-refractivity contribution in [3.8, 4) is 0 Å². The van der Waals surface area contributed by atoms with Crippen molar-refractivity contribution in [3.63, 3.8) is 0 Å². The van der Waals surface area contributed by atoms with E-state index in [2.05, 4.69) is 179 Å². The van der Waals surface area contributed by atoms with Crippen molar-refractivity contribution in [2.24, 2.45) is 0 Å². The normalized spacial score (nSPS) is 14.7. The molecule has 5 atom stereocenters. The van der Waals surface area contributed by atoms with Gasteiger partial charge in [0.05, 0.1) is 26.4 Å². The van der Waals surface area contributed by atoms with E-state index in [9.17, 15) is 43.5 Å². The van der Waals surface area contributed by atoms with E-state index in [0.717, 1.165) is 141 Å². The Morgan fingerprint density at radius 1 is 0.271 bits per heavy atom. The first-order chi connectivity index (χ1) is 52.2. The summed E-state index contributed by atoms with van der Waals surface area (Å²) in [6, 6.07) is 0. The summed E-state index contributed by atoms with van der Waals surface area (Å²) in [5, 5.41) is 20.7. The fraction of sp³-hybridized carbons (Fsp3) is 0.674. The Balaban J connectivity index is 4.47. The lowest BCUT2D eigenvalue weighted by Crippen LogP contribution is -2.30. The van der Waals surface area contributed by atoms with Gasteiger partial charge in [-0.25, -0.2) is 9.13 Å². The predicted octanol–water partition coefficient (Wildman–Crippen LogP) is 25.0. The zero-order valence-electron chi connectivity index (χ0n) is 67.0. The van der Waals surface area contributed by atoms with Crippen LogP contribution in [0, 0.1) is 0 Å². The molecule has 0 saturated heterocycles. The third-order valence-corrected chi connectivity index (χ3v) is 19.1. The highest BCUT2D eigenvalue weighted by molar-refractivity contribution is 7.47. The van der Waals surface area contributed by atoms with Crippen molar-refractivity contribution in [1.29, 1.82) is 0 Å². The molecule has 0 aliphatic carbocycles. The van der Waals surface area contributed by atoms with Crippen molar-refractivity contribution in [3.05, 3.63) is 158 Å². The van der Waals surface area contributed by atoms with Gasteiger partial charge in [0.15, 0.2) is 6.10 Å². The summed E-state index contributed by atoms with van der Waals surface area (Å²) in [5.74, 6) is -1.64. The van der Waals surface area contributed by atoms with Crippen LogP contribution in [0.25, 0.3) is 0 Å². The van der Waals surface area contributed by atoms with E-state index in [4.69, 9.17) is 32.3 Å². The summed E-state index contributed by atoms with van der Waals surface area (Å²) < 4.78 is 61.1. The Labute approximate surface area is 650 Å². The van der Waals surface area contributed by atoms with Gasteiger partial charge in [0.2, 0.25) is 0 Å². The predicted molar refractivity (Wildman–Crippen MR) is 445 cm³/mol. The number of carbonyl (C=O) groups excluding carboxylic acids is 3. The van der Waals surface area contributed by atoms with Gasteiger partial charge in [-0.05, 0) is 148 Å². The van der Waals surface area contributed by atoms with Crippen molar-refractivity contribution in [2.75, 3.05) is 39.6 Å². The number of rotatable bonds is 78. The van der Waals surface area contributed by atoms with Gasteiger partial charge in [0, 0.05) is 19.3 Å². The molecule has 18 heteroatoms. The smallest absolute Gasteiger partial charge is 0.463 e. The molecule has 0 rings (SSSR count). The van der Waals surface area contributed by atoms with E-state index in [1.807, 2.05) is 0 Å². The highest BCUT2D eigenvalue weighted by Crippen LogP contribution is 2.45. The largest absolute Gasteiger partial charge is 0.472 e. The minimum absolute atomic E-state index is 0.0640. The number of aliphatic hydroxyl groups is 2. The molecule has 5 unspecified atom stereocenters. The second-order valence-corrected chi connectivity index (χ2v) is 30.4. The lowest BCUT2D eigenvalue weighted by molar-refractivity contribution is -0.161. The van der Waals surface area contributed by atoms with Gasteiger partial charge in [-0.2, -0.15) is 0 Å². The van der Waals surface area contributed by atoms with Crippen LogP contribution < -0.4 is 0 Å². The van der Waals surface area contributed by atoms with Gasteiger partial charge in [-0.15, -0.1) is 0 Å². The van der Waals surface area contributed by atoms with Crippen molar-refractivity contribution in [1.82, 2.24) is 0 Å². The Bertz CT molecular complexity index is 2580. The molecule has 4 N–H and O–H groups in total. The quantitative estimate of drug-likeness (QED) is 0.0146. The monoisotopic (exact) mass is 1540 g/mol. The number of hydrogen-bond acceptors (Lipinski definition) is 14. The number of phosphoric acid groups is 2. The first-order valence-electron chi connectivity index (χ1n) is 41.8. The molecular weight excluding hydrogens is 1390 g/mol. The zero-order valence-corrected chi connectivity index (χ0v) is 68.8. The third kappa shape index (κ3) is 82.0. The first kappa shape index (κ1) is 102. The van der Waals surface area contributed by atoms with Gasteiger partial charge in [0.25, 0.3) is 0 Å². The number of carbonyl (C=O) groups is 3. The number of ether oxygens (including phenoxy) is 3. The van der Waals surface area contributed by atoms with E-state index < -0.39 is 91.5 Å². The molecule has 0 saturated carbocycles. The molecule has 612 valence electrons. The molecular formula is C89H150O16P2. The number of hydrogen-bond donors (Lipinski definition) is 4. The summed E-state index contributed by atoms with van der Waals surface area (Å²) >= 11 is 0. The summed E-state index contributed by atoms with van der Waals surface area (Å²) in [6.07, 6.45) is 102. The van der Waals surface area contributed by atoms with Gasteiger partial charge < -0.3 is 34.2 Å². The minimum atomic E-state index is -4.95. The van der Waals surface area contributed by atoms with Crippen LogP contribution in [0.3, 0.4) is 0 Å². The van der Waals surface area contributed by atoms with Crippen LogP contribution >= 0.6 is 15.6 Å². The van der Waals surface area contributed by atoms with Gasteiger partial charge >= 0.3 is 33.6 Å². The number of esters is 3. The standard InChI is InChI=1S/C89H150O16P2/c1-4-7-10-13-16-19-22-25-28-31-33-34-35-36-37-38-39-40-41-42-43-44-45-46-47-48-50-53-54-57-60-63-66-69-72-75-87(92)99-78-84(90)79-101-106(95,96)102-80-85(91)81-103-107(97,98)104-83-86(105-89(94)77-74-71-68-65-62-59-56-51-30-27-24-21-18-15-12-9-6-3)82-100-88(93)76-73-70-67-64-61-58-55-52-49-32-29-26-23-20-17-14-11-8-5-2/h8-9,11-12,16-21,25-30,33-34,36-37,49,52,56,58-59,61,84-86,90-91H,4-7,10,13-15,22-24,31-32,35,38-48,50-51,53-55,57,60,62-83H2,1-3H3,(H,95,96)(H,97,98)/b11-8-,12-9-,19-16-,20-17-,21-18-,28-25-,29-26-,30-27-,34-33-,37-36-,52-49-,59-56-,61-58-. The first-order valence-corrected chi connectivity index (χ1v) is 44.8. The SMILES string of the molecule is CC/C=C\C/C=C\C/C=C\C/C=C\C/C=C\CCCCCC(=O)OCC(COP(=O)(O)OCC(O)COP(=O)(O)OCC(O)COC(=O)CCCCCCCCCCCCCCCCCCCCC/C=C\C/C=C\C/C=C\C/C=C\CCCCC)OC(=O)CCCCCC/C=C\C/C=C\C/C=C\C/C=C\CC. The fourth-order valence-electron chi connectivity index (χ4n) is 10.9. The maximum atomic E-state index is 13.0. The van der Waals surface area contributed by atoms with Crippen LogP contribution in [0.15, 0.2) is 158 Å². The topological polar surface area (TPSA) is 231 Å². The van der Waals surface area contributed by atoms with Crippen LogP contribution in [0.2, 0.25) is 0 Å². The van der Waals surface area contributed by atoms with Crippen molar-refractivity contribution >= 4 is 33.6 Å². The van der Waals surface area contributed by atoms with E-state index in [1.54, 1.807) is 0 Å². The Morgan fingerprint density at radius 3 is 0.794 bits per heavy atom. The maximum Gasteiger partial charge on any atom is 0.472 e. The molecule has 0 aliphatic heterocycles. The molecule has 0 heterocycles. The van der Waals surface area contributed by atoms with E-state index in [0.29, 0.717) is 19.3 Å². The average molecular weight is 1540 g/mol. The molecule has 0 spiro atoms. The van der Waals surface area contributed by atoms with Crippen molar-refractivity contribution < 1.29 is 75.8 Å². The van der Waals surface area contributed by atoms with Crippen LogP contribution in [0.5, 0.6) is 0 Å². The van der Waals surface area contributed by atoms with E-state index in [1.165, 1.54) is 128 Å². The van der Waals surface area contributed by atoms with Crippen LogP contribution in [0.4, 0.5) is 0 Å². The molecule has 0 amide bonds. The molecule has 16 nitrogen and oxygen atoms in total. The molecule has 0 fully saturated rings. The summed E-state index contributed by atoms with van der Waals surface area (Å²) in [6.45, 7) is 2.36. The molecule has 0 aromatic heterocycles. The molecule has 107 heavy (non-hydrogen) atoms. The number of phosphoric ester groups is 2. The number of unbranched alkanes of at least 4 members (excludes halogenated alkanes) is 29. The third-order valence-electron chi connectivity index (χ3n) is 17.2. The zero-order chi connectivity index (χ0) is 78.0. The van der Waals surface area contributed by atoms with Gasteiger partial charge in [-0.3, -0.25) is 32.5 Å². The highest BCUT2D eigenvalue weighted by Gasteiger charge is 2.29. The number of allylic oxidation sites excluding steroid dienone is 26. The Kier molecular flexibility index (Phi) is 77.0. The van der Waals surface area contributed by atoms with Crippen molar-refractivity contribution in [2.45, 2.75) is 347 Å². The average Bonchev–Trinajstić information content (AvgIpc) is 0.923. The number of aliphatic hydroxyl groups excluding tert-OH is 2. The maximum absolute atomic E-state index is 13.0. The van der Waals surface area contributed by atoms with Crippen LogP contribution in [0.1, 0.15) is 329 Å². The highest BCUT2D eigenvalue weighted by atomic mass is 31.2. The second kappa shape index (κ2) is 80.7. The van der Waals surface area contributed by atoms with Crippen LogP contribution in [-0.2, 0) is 55.8 Å². The minimum Gasteiger partial charge on any atom is -0.463 e. The van der Waals surface area contributed by atoms with Gasteiger partial charge in [-0.1, -0.05) is 320 Å². The van der Waals surface area contributed by atoms with E-state index >= 15 is 0 Å². The molecule has 0 aromatic rings. The summed E-state index contributed by atoms with van der Waals surface area (Å²) in [4.78, 5) is 58.7. The Morgan fingerprint density at radius 2 is 0.495 bits per heavy atom. The van der Waals surface area contributed by atoms with Gasteiger partial charge in [0.1, 0.15) is 25.4 Å². The Hall–Kier alpha value is -4.83. The second-order valence-electron chi connectivity index (χ2n) is 27.5. The lowest BCUT2D eigenvalue weighted by Gasteiger charge is -2.21. The molecule has 0 bridgehead atoms. The molecule has 0 radical (unpaired) electrons. The molecule has 0 aliphatic rings. The summed E-state index contributed by atoms with van der Waals surface area (Å²) in [7, 11) is -9.82. The van der Waals surface area contributed by atoms with E-state index in [-0.39, 0.29) is 19.3 Å².